The maximum Gasteiger partial charge on any atom is 0.401 e. The van der Waals surface area contributed by atoms with Gasteiger partial charge in [0, 0.05) is 0 Å². The van der Waals surface area contributed by atoms with Crippen LogP contribution in [0.5, 0.6) is 23.0 Å². The molecule has 4 aromatic carbocycles. The molecule has 1 unspecified atom stereocenters. The summed E-state index contributed by atoms with van der Waals surface area (Å²) in [6.45, 7) is 1.16. The molecule has 0 saturated carbocycles. The fraction of sp³-hybridized carbons (Fsp3) is 0.133. The van der Waals surface area contributed by atoms with Gasteiger partial charge in [0.2, 0.25) is 0 Å². The molecule has 36 heavy (non-hydrogen) atoms. The topological polar surface area (TPSA) is 18.5 Å². The molecule has 4 aromatic rings. The van der Waals surface area contributed by atoms with E-state index in [4.69, 9.17) is 9.47 Å². The zero-order valence-corrected chi connectivity index (χ0v) is 19.5. The predicted molar refractivity (Wildman–Crippen MR) is 132 cm³/mol. The smallest absolute Gasteiger partial charge is 0.401 e. The van der Waals surface area contributed by atoms with Crippen LogP contribution in [0.25, 0.3) is 0 Å². The Kier molecular flexibility index (Phi) is 7.44. The molecular weight excluding hydrogens is 468 g/mol. The second kappa shape index (κ2) is 10.7. The zero-order valence-electron chi connectivity index (χ0n) is 19.5. The summed E-state index contributed by atoms with van der Waals surface area (Å²) in [5, 5.41) is 0. The summed E-state index contributed by atoms with van der Waals surface area (Å²) >= 11 is 0. The molecule has 0 aliphatic heterocycles. The molecule has 6 heteroatoms. The number of benzene rings is 4. The molecule has 184 valence electrons. The molecule has 0 fully saturated rings. The third-order valence-electron chi connectivity index (χ3n) is 5.77. The lowest BCUT2D eigenvalue weighted by atomic mass is 9.81. The van der Waals surface area contributed by atoms with Crippen LogP contribution in [-0.2, 0) is 11.8 Å². The highest BCUT2D eigenvalue weighted by atomic mass is 19.4. The van der Waals surface area contributed by atoms with Crippen molar-refractivity contribution in [2.75, 3.05) is 0 Å². The van der Waals surface area contributed by atoms with Crippen molar-refractivity contribution in [1.82, 2.24) is 0 Å². The van der Waals surface area contributed by atoms with Crippen molar-refractivity contribution in [3.05, 3.63) is 132 Å². The summed E-state index contributed by atoms with van der Waals surface area (Å²) in [5.74, 6) is 1.67. The summed E-state index contributed by atoms with van der Waals surface area (Å²) in [6.07, 6.45) is -1.52. The van der Waals surface area contributed by atoms with Crippen LogP contribution in [0.1, 0.15) is 18.1 Å². The average Bonchev–Trinajstić information content (AvgIpc) is 2.86. The molecule has 1 atom stereocenters. The number of ether oxygens (including phenoxy) is 2. The number of hydrogen-bond donors (Lipinski definition) is 0. The number of alkyl halides is 3. The Morgan fingerprint density at radius 1 is 0.667 bits per heavy atom. The van der Waals surface area contributed by atoms with E-state index in [0.29, 0.717) is 23.0 Å². The molecule has 0 N–H and O–H groups in total. The normalized spacial score (nSPS) is 13.4. The highest BCUT2D eigenvalue weighted by Gasteiger charge is 2.50. The van der Waals surface area contributed by atoms with E-state index in [0.717, 1.165) is 12.5 Å². The Hall–Kier alpha value is -4.06. The van der Waals surface area contributed by atoms with Crippen molar-refractivity contribution in [2.24, 2.45) is 0 Å². The number of rotatable bonds is 8. The Bertz CT molecular complexity index is 1300. The van der Waals surface area contributed by atoms with E-state index in [9.17, 15) is 17.6 Å². The van der Waals surface area contributed by atoms with Gasteiger partial charge in [-0.25, -0.2) is 4.39 Å². The van der Waals surface area contributed by atoms with Crippen LogP contribution in [0, 0.1) is 5.82 Å². The molecule has 0 heterocycles. The summed E-state index contributed by atoms with van der Waals surface area (Å²) < 4.78 is 67.0. The van der Waals surface area contributed by atoms with Crippen LogP contribution in [0.3, 0.4) is 0 Å². The molecule has 0 bridgehead atoms. The van der Waals surface area contributed by atoms with E-state index < -0.39 is 11.6 Å². The average molecular weight is 493 g/mol. The van der Waals surface area contributed by atoms with Crippen molar-refractivity contribution in [3.8, 4) is 23.0 Å². The number of para-hydroxylation sites is 1. The molecule has 0 saturated heterocycles. The molecule has 4 rings (SSSR count). The van der Waals surface area contributed by atoms with Gasteiger partial charge in [-0.15, -0.1) is 0 Å². The van der Waals surface area contributed by atoms with Crippen LogP contribution in [0.2, 0.25) is 0 Å². The highest BCUT2D eigenvalue weighted by molar-refractivity contribution is 5.40. The Labute approximate surface area is 207 Å². The first-order chi connectivity index (χ1) is 17.2. The lowest BCUT2D eigenvalue weighted by Crippen LogP contribution is -2.37. The molecular formula is C30H24F4O2. The summed E-state index contributed by atoms with van der Waals surface area (Å²) in [5.41, 5.74) is -1.29. The van der Waals surface area contributed by atoms with Gasteiger partial charge in [-0.1, -0.05) is 54.6 Å². The van der Waals surface area contributed by atoms with E-state index >= 15 is 0 Å². The monoisotopic (exact) mass is 492 g/mol. The standard InChI is InChI=1S/C30H24F4O2/c1-29(30(32,33)34,23-12-16-26(17-13-23)35-25-9-3-2-4-10-25)20-6-8-22-7-5-11-28(21-22)36-27-18-14-24(31)15-19-27/h2-7,9-21H,8H2,1H3. The predicted octanol–water partition coefficient (Wildman–Crippen LogP) is 9.03. The molecule has 0 aliphatic rings. The third-order valence-corrected chi connectivity index (χ3v) is 5.77. The maximum atomic E-state index is 14.2. The van der Waals surface area contributed by atoms with Gasteiger partial charge in [0.15, 0.2) is 0 Å². The van der Waals surface area contributed by atoms with Crippen LogP contribution >= 0.6 is 0 Å². The van der Waals surface area contributed by atoms with Gasteiger partial charge in [0.05, 0.1) is 0 Å². The molecule has 2 nitrogen and oxygen atoms in total. The van der Waals surface area contributed by atoms with Crippen LogP contribution < -0.4 is 9.47 Å². The fourth-order valence-electron chi connectivity index (χ4n) is 3.65. The Balaban J connectivity index is 1.48. The first kappa shape index (κ1) is 25.0. The van der Waals surface area contributed by atoms with E-state index in [1.54, 1.807) is 30.3 Å². The molecule has 0 radical (unpaired) electrons. The van der Waals surface area contributed by atoms with Crippen molar-refractivity contribution >= 4 is 0 Å². The van der Waals surface area contributed by atoms with E-state index in [1.165, 1.54) is 60.7 Å². The van der Waals surface area contributed by atoms with Gasteiger partial charge >= 0.3 is 6.18 Å². The molecule has 0 aromatic heterocycles. The number of allylic oxidation sites excluding steroid dienone is 2. The van der Waals surface area contributed by atoms with Gasteiger partial charge in [-0.2, -0.15) is 13.2 Å². The Morgan fingerprint density at radius 3 is 1.86 bits per heavy atom. The zero-order chi connectivity index (χ0) is 25.6. The van der Waals surface area contributed by atoms with Crippen molar-refractivity contribution < 1.29 is 27.0 Å². The lowest BCUT2D eigenvalue weighted by molar-refractivity contribution is -0.171. The van der Waals surface area contributed by atoms with Crippen LogP contribution in [0.4, 0.5) is 17.6 Å². The maximum absolute atomic E-state index is 14.2. The minimum atomic E-state index is -4.50. The van der Waals surface area contributed by atoms with Crippen molar-refractivity contribution in [1.29, 1.82) is 0 Å². The van der Waals surface area contributed by atoms with E-state index in [2.05, 4.69) is 0 Å². The lowest BCUT2D eigenvalue weighted by Gasteiger charge is -2.29. The van der Waals surface area contributed by atoms with Gasteiger partial charge in [0.25, 0.3) is 0 Å². The summed E-state index contributed by atoms with van der Waals surface area (Å²) in [4.78, 5) is 0. The largest absolute Gasteiger partial charge is 0.457 e. The fourth-order valence-corrected chi connectivity index (χ4v) is 3.65. The SMILES string of the molecule is CC(C=CCc1cccc(Oc2ccc(F)cc2)c1)(c1ccc(Oc2ccccc2)cc1)C(F)(F)F. The van der Waals surface area contributed by atoms with Gasteiger partial charge in [-0.3, -0.25) is 0 Å². The van der Waals surface area contributed by atoms with Gasteiger partial charge in [0.1, 0.15) is 34.2 Å². The van der Waals surface area contributed by atoms with Crippen LogP contribution in [-0.4, -0.2) is 6.18 Å². The number of halogens is 4. The van der Waals surface area contributed by atoms with Crippen molar-refractivity contribution in [3.63, 3.8) is 0 Å². The minimum Gasteiger partial charge on any atom is -0.457 e. The molecule has 0 aliphatic carbocycles. The van der Waals surface area contributed by atoms with Gasteiger partial charge < -0.3 is 9.47 Å². The molecule has 0 amide bonds. The van der Waals surface area contributed by atoms with Crippen molar-refractivity contribution in [2.45, 2.75) is 24.9 Å². The number of hydrogen-bond acceptors (Lipinski definition) is 2. The highest BCUT2D eigenvalue weighted by Crippen LogP contribution is 2.43. The second-order valence-corrected chi connectivity index (χ2v) is 8.45. The third kappa shape index (κ3) is 6.13. The first-order valence-corrected chi connectivity index (χ1v) is 11.3. The quantitative estimate of drug-likeness (QED) is 0.180. The summed E-state index contributed by atoms with van der Waals surface area (Å²) in [6, 6.07) is 27.6. The van der Waals surface area contributed by atoms with E-state index in [-0.39, 0.29) is 17.8 Å². The van der Waals surface area contributed by atoms with Gasteiger partial charge in [-0.05, 0) is 85.1 Å². The second-order valence-electron chi connectivity index (χ2n) is 8.45. The summed E-state index contributed by atoms with van der Waals surface area (Å²) in [7, 11) is 0. The first-order valence-electron chi connectivity index (χ1n) is 11.3. The Morgan fingerprint density at radius 2 is 1.22 bits per heavy atom. The molecule has 0 spiro atoms. The minimum absolute atomic E-state index is 0.111. The van der Waals surface area contributed by atoms with E-state index in [1.807, 2.05) is 24.3 Å². The van der Waals surface area contributed by atoms with Crippen LogP contribution in [0.15, 0.2) is 115 Å².